The third-order valence-electron chi connectivity index (χ3n) is 4.10. The minimum atomic E-state index is -0.477. The van der Waals surface area contributed by atoms with Crippen LogP contribution in [0.3, 0.4) is 0 Å². The van der Waals surface area contributed by atoms with Crippen LogP contribution in [0.5, 0.6) is 5.75 Å². The summed E-state index contributed by atoms with van der Waals surface area (Å²) in [5.74, 6) is 0.479. The van der Waals surface area contributed by atoms with Gasteiger partial charge in [0.05, 0.1) is 5.69 Å². The van der Waals surface area contributed by atoms with Crippen LogP contribution in [-0.2, 0) is 11.3 Å². The van der Waals surface area contributed by atoms with E-state index in [0.717, 1.165) is 16.8 Å². The van der Waals surface area contributed by atoms with Crippen molar-refractivity contribution in [2.24, 2.45) is 0 Å². The quantitative estimate of drug-likeness (QED) is 0.944. The third-order valence-corrected chi connectivity index (χ3v) is 4.10. The van der Waals surface area contributed by atoms with Gasteiger partial charge in [0.15, 0.2) is 6.10 Å². The number of benzene rings is 2. The Bertz CT molecular complexity index is 801. The average molecular weight is 324 g/mol. The van der Waals surface area contributed by atoms with Crippen LogP contribution < -0.4 is 15.0 Å². The lowest BCUT2D eigenvalue weighted by atomic mass is 10.1. The van der Waals surface area contributed by atoms with Gasteiger partial charge < -0.3 is 15.0 Å². The zero-order chi connectivity index (χ0) is 17.3. The topological polar surface area (TPSA) is 58.6 Å². The molecule has 1 atom stereocenters. The van der Waals surface area contributed by atoms with E-state index in [1.807, 2.05) is 43.3 Å². The molecule has 0 fully saturated rings. The number of amides is 2. The van der Waals surface area contributed by atoms with E-state index in [1.54, 1.807) is 24.9 Å². The molecule has 0 saturated heterocycles. The molecular weight excluding hydrogens is 304 g/mol. The van der Waals surface area contributed by atoms with Crippen LogP contribution in [-0.4, -0.2) is 25.0 Å². The molecule has 1 aliphatic heterocycles. The summed E-state index contributed by atoms with van der Waals surface area (Å²) in [5.41, 5.74) is 3.31. The Morgan fingerprint density at radius 2 is 2.04 bits per heavy atom. The van der Waals surface area contributed by atoms with E-state index in [2.05, 4.69) is 5.32 Å². The van der Waals surface area contributed by atoms with Gasteiger partial charge >= 0.3 is 0 Å². The van der Waals surface area contributed by atoms with E-state index in [-0.39, 0.29) is 11.8 Å². The number of carbonyl (C=O) groups is 2. The Morgan fingerprint density at radius 3 is 2.79 bits per heavy atom. The van der Waals surface area contributed by atoms with Gasteiger partial charge in [0.2, 0.25) is 0 Å². The van der Waals surface area contributed by atoms with Crippen molar-refractivity contribution in [1.82, 2.24) is 5.32 Å². The fourth-order valence-electron chi connectivity index (χ4n) is 2.74. The lowest BCUT2D eigenvalue weighted by Gasteiger charge is -2.30. The summed E-state index contributed by atoms with van der Waals surface area (Å²) in [6, 6.07) is 13.1. The van der Waals surface area contributed by atoms with Crippen molar-refractivity contribution in [3.05, 3.63) is 59.2 Å². The van der Waals surface area contributed by atoms with Gasteiger partial charge in [0.25, 0.3) is 11.8 Å². The summed E-state index contributed by atoms with van der Waals surface area (Å²) in [7, 11) is 1.73. The van der Waals surface area contributed by atoms with Crippen LogP contribution in [0.2, 0.25) is 0 Å². The highest BCUT2D eigenvalue weighted by molar-refractivity contribution is 5.99. The summed E-state index contributed by atoms with van der Waals surface area (Å²) >= 11 is 0. The molecule has 1 heterocycles. The molecule has 5 heteroatoms. The van der Waals surface area contributed by atoms with E-state index in [4.69, 9.17) is 4.74 Å². The van der Waals surface area contributed by atoms with Gasteiger partial charge in [0.1, 0.15) is 5.75 Å². The molecule has 0 aliphatic carbocycles. The normalized spacial score (nSPS) is 16.4. The standard InChI is InChI=1S/C19H20N2O3/c1-12-5-4-6-15(9-12)18(22)20-11-14-7-8-17-16(10-14)21(3)19(23)13(2)24-17/h4-10,13H,11H2,1-3H3,(H,20,22). The van der Waals surface area contributed by atoms with Gasteiger partial charge in [-0.3, -0.25) is 9.59 Å². The molecule has 0 radical (unpaired) electrons. The van der Waals surface area contributed by atoms with Crippen molar-refractivity contribution in [2.45, 2.75) is 26.5 Å². The number of nitrogens with zero attached hydrogens (tertiary/aromatic N) is 1. The summed E-state index contributed by atoms with van der Waals surface area (Å²) < 4.78 is 5.60. The maximum absolute atomic E-state index is 12.2. The number of likely N-dealkylation sites (N-methyl/N-ethyl adjacent to an activating group) is 1. The van der Waals surface area contributed by atoms with E-state index in [0.29, 0.717) is 17.9 Å². The second kappa shape index (κ2) is 6.35. The Morgan fingerprint density at radius 1 is 1.25 bits per heavy atom. The number of aryl methyl sites for hydroxylation is 1. The van der Waals surface area contributed by atoms with Gasteiger partial charge in [-0.2, -0.15) is 0 Å². The number of rotatable bonds is 3. The predicted octanol–water partition coefficient (Wildman–Crippen LogP) is 2.67. The van der Waals surface area contributed by atoms with Gasteiger partial charge in [-0.1, -0.05) is 23.8 Å². The number of ether oxygens (including phenoxy) is 1. The second-order valence-corrected chi connectivity index (χ2v) is 6.01. The molecule has 1 unspecified atom stereocenters. The molecule has 5 nitrogen and oxygen atoms in total. The highest BCUT2D eigenvalue weighted by Crippen LogP contribution is 2.33. The minimum absolute atomic E-state index is 0.0801. The molecule has 0 saturated carbocycles. The van der Waals surface area contributed by atoms with Crippen molar-refractivity contribution in [3.8, 4) is 5.75 Å². The molecular formula is C19H20N2O3. The Hall–Kier alpha value is -2.82. The number of nitrogens with one attached hydrogen (secondary N) is 1. The molecule has 2 amide bonds. The van der Waals surface area contributed by atoms with Gasteiger partial charge in [-0.15, -0.1) is 0 Å². The summed E-state index contributed by atoms with van der Waals surface area (Å²) in [6.07, 6.45) is -0.477. The van der Waals surface area contributed by atoms with Crippen molar-refractivity contribution in [1.29, 1.82) is 0 Å². The molecule has 1 aliphatic rings. The molecule has 0 bridgehead atoms. The van der Waals surface area contributed by atoms with Gasteiger partial charge in [0, 0.05) is 19.2 Å². The Balaban J connectivity index is 1.73. The van der Waals surface area contributed by atoms with E-state index >= 15 is 0 Å². The van der Waals surface area contributed by atoms with Crippen LogP contribution in [0, 0.1) is 6.92 Å². The summed E-state index contributed by atoms with van der Waals surface area (Å²) in [4.78, 5) is 25.8. The first kappa shape index (κ1) is 16.1. The third kappa shape index (κ3) is 3.11. The van der Waals surface area contributed by atoms with Crippen LogP contribution in [0.1, 0.15) is 28.4 Å². The number of hydrogen-bond acceptors (Lipinski definition) is 3. The van der Waals surface area contributed by atoms with Gasteiger partial charge in [-0.25, -0.2) is 0 Å². The summed E-state index contributed by atoms with van der Waals surface area (Å²) in [5, 5.41) is 2.90. The fourth-order valence-corrected chi connectivity index (χ4v) is 2.74. The maximum atomic E-state index is 12.2. The highest BCUT2D eigenvalue weighted by atomic mass is 16.5. The first-order valence-electron chi connectivity index (χ1n) is 7.88. The van der Waals surface area contributed by atoms with Crippen LogP contribution >= 0.6 is 0 Å². The van der Waals surface area contributed by atoms with Crippen LogP contribution in [0.4, 0.5) is 5.69 Å². The van der Waals surface area contributed by atoms with Crippen molar-refractivity contribution >= 4 is 17.5 Å². The Labute approximate surface area is 141 Å². The van der Waals surface area contributed by atoms with Crippen molar-refractivity contribution in [2.75, 3.05) is 11.9 Å². The van der Waals surface area contributed by atoms with E-state index in [9.17, 15) is 9.59 Å². The zero-order valence-electron chi connectivity index (χ0n) is 14.0. The number of anilines is 1. The Kier molecular flexibility index (Phi) is 4.25. The van der Waals surface area contributed by atoms with Crippen LogP contribution in [0.15, 0.2) is 42.5 Å². The molecule has 1 N–H and O–H groups in total. The fraction of sp³-hybridized carbons (Fsp3) is 0.263. The molecule has 24 heavy (non-hydrogen) atoms. The first-order valence-corrected chi connectivity index (χ1v) is 7.88. The highest BCUT2D eigenvalue weighted by Gasteiger charge is 2.28. The lowest BCUT2D eigenvalue weighted by Crippen LogP contribution is -2.42. The first-order chi connectivity index (χ1) is 11.5. The molecule has 2 aromatic carbocycles. The smallest absolute Gasteiger partial charge is 0.267 e. The number of fused-ring (bicyclic) bond motifs is 1. The SMILES string of the molecule is Cc1cccc(C(=O)NCc2ccc3c(c2)N(C)C(=O)C(C)O3)c1. The molecule has 2 aromatic rings. The minimum Gasteiger partial charge on any atom is -0.479 e. The van der Waals surface area contributed by atoms with Crippen molar-refractivity contribution in [3.63, 3.8) is 0 Å². The predicted molar refractivity (Wildman–Crippen MR) is 92.3 cm³/mol. The van der Waals surface area contributed by atoms with Gasteiger partial charge in [-0.05, 0) is 43.7 Å². The number of hydrogen-bond donors (Lipinski definition) is 1. The van der Waals surface area contributed by atoms with Crippen LogP contribution in [0.25, 0.3) is 0 Å². The second-order valence-electron chi connectivity index (χ2n) is 6.01. The van der Waals surface area contributed by atoms with Crippen molar-refractivity contribution < 1.29 is 14.3 Å². The molecule has 3 rings (SSSR count). The zero-order valence-corrected chi connectivity index (χ0v) is 14.0. The van der Waals surface area contributed by atoms with E-state index in [1.165, 1.54) is 0 Å². The lowest BCUT2D eigenvalue weighted by molar-refractivity contribution is -0.125. The molecule has 124 valence electrons. The molecule has 0 spiro atoms. The molecule has 0 aromatic heterocycles. The summed E-state index contributed by atoms with van der Waals surface area (Å²) in [6.45, 7) is 4.07. The maximum Gasteiger partial charge on any atom is 0.267 e. The number of carbonyl (C=O) groups excluding carboxylic acids is 2. The van der Waals surface area contributed by atoms with E-state index < -0.39 is 6.10 Å². The average Bonchev–Trinajstić information content (AvgIpc) is 2.58. The largest absolute Gasteiger partial charge is 0.479 e. The monoisotopic (exact) mass is 324 g/mol.